The van der Waals surface area contributed by atoms with Crippen molar-refractivity contribution in [1.82, 2.24) is 5.32 Å². The highest BCUT2D eigenvalue weighted by Gasteiger charge is 2.23. The number of nitriles is 1. The van der Waals surface area contributed by atoms with Gasteiger partial charge in [-0.3, -0.25) is 4.79 Å². The molecule has 1 N–H and O–H groups in total. The molecule has 1 aromatic rings. The Morgan fingerprint density at radius 1 is 1.44 bits per heavy atom. The molecule has 1 aliphatic rings. The number of rotatable bonds is 2. The number of amides is 1. The summed E-state index contributed by atoms with van der Waals surface area (Å²) in [6, 6.07) is 10.3. The molecule has 0 aliphatic heterocycles. The first-order valence-corrected chi connectivity index (χ1v) is 5.47. The van der Waals surface area contributed by atoms with Crippen LogP contribution in [0.4, 0.5) is 0 Å². The second-order valence-corrected chi connectivity index (χ2v) is 4.23. The van der Waals surface area contributed by atoms with Gasteiger partial charge in [-0.15, -0.1) is 0 Å². The number of carbonyl (C=O) groups excluding carboxylic acids is 1. The van der Waals surface area contributed by atoms with Crippen LogP contribution in [-0.4, -0.2) is 11.9 Å². The van der Waals surface area contributed by atoms with E-state index in [0.717, 1.165) is 12.8 Å². The van der Waals surface area contributed by atoms with Gasteiger partial charge in [0.1, 0.15) is 5.92 Å². The summed E-state index contributed by atoms with van der Waals surface area (Å²) in [5.74, 6) is -0.732. The van der Waals surface area contributed by atoms with Crippen LogP contribution in [0.25, 0.3) is 0 Å². The van der Waals surface area contributed by atoms with Crippen LogP contribution in [0.2, 0.25) is 0 Å². The summed E-state index contributed by atoms with van der Waals surface area (Å²) in [4.78, 5) is 11.5. The molecule has 1 amide bonds. The number of hydrogen-bond acceptors (Lipinski definition) is 2. The number of nitrogens with one attached hydrogen (secondary N) is 1. The lowest BCUT2D eigenvalue weighted by Crippen LogP contribution is -2.38. The maximum absolute atomic E-state index is 11.5. The van der Waals surface area contributed by atoms with Gasteiger partial charge in [-0.1, -0.05) is 24.3 Å². The maximum atomic E-state index is 11.5. The van der Waals surface area contributed by atoms with Crippen molar-refractivity contribution in [3.63, 3.8) is 0 Å². The number of hydrogen-bond donors (Lipinski definition) is 1. The fourth-order valence-corrected chi connectivity index (χ4v) is 2.05. The van der Waals surface area contributed by atoms with Crippen LogP contribution in [0.1, 0.15) is 18.1 Å². The van der Waals surface area contributed by atoms with E-state index in [2.05, 4.69) is 17.4 Å². The van der Waals surface area contributed by atoms with E-state index < -0.39 is 5.92 Å². The van der Waals surface area contributed by atoms with Gasteiger partial charge in [-0.05, 0) is 30.9 Å². The predicted octanol–water partition coefficient (Wildman–Crippen LogP) is 1.43. The molecule has 0 radical (unpaired) electrons. The van der Waals surface area contributed by atoms with Crippen LogP contribution in [0.15, 0.2) is 24.3 Å². The Morgan fingerprint density at radius 3 is 2.50 bits per heavy atom. The summed E-state index contributed by atoms with van der Waals surface area (Å²) in [5, 5.41) is 11.6. The minimum absolute atomic E-state index is 0.153. The second kappa shape index (κ2) is 4.36. The van der Waals surface area contributed by atoms with Crippen LogP contribution in [-0.2, 0) is 17.6 Å². The van der Waals surface area contributed by atoms with Gasteiger partial charge in [0, 0.05) is 6.04 Å². The molecule has 0 saturated carbocycles. The summed E-state index contributed by atoms with van der Waals surface area (Å²) < 4.78 is 0. The molecule has 0 spiro atoms. The average Bonchev–Trinajstić information content (AvgIpc) is 2.69. The lowest BCUT2D eigenvalue weighted by molar-refractivity contribution is -0.123. The van der Waals surface area contributed by atoms with Crippen molar-refractivity contribution in [3.05, 3.63) is 35.4 Å². The lowest BCUT2D eigenvalue weighted by Gasteiger charge is -2.12. The maximum Gasteiger partial charge on any atom is 0.237 e. The lowest BCUT2D eigenvalue weighted by atomic mass is 10.1. The highest BCUT2D eigenvalue weighted by Crippen LogP contribution is 2.21. The fourth-order valence-electron chi connectivity index (χ4n) is 2.05. The molecule has 1 unspecified atom stereocenters. The minimum atomic E-state index is -0.566. The molecule has 1 aliphatic carbocycles. The van der Waals surface area contributed by atoms with E-state index in [1.165, 1.54) is 11.1 Å². The quantitative estimate of drug-likeness (QED) is 0.809. The van der Waals surface area contributed by atoms with Crippen molar-refractivity contribution >= 4 is 5.91 Å². The van der Waals surface area contributed by atoms with Gasteiger partial charge >= 0.3 is 0 Å². The van der Waals surface area contributed by atoms with Gasteiger partial charge in [-0.2, -0.15) is 5.26 Å². The molecule has 0 fully saturated rings. The van der Waals surface area contributed by atoms with Crippen LogP contribution in [0.5, 0.6) is 0 Å². The van der Waals surface area contributed by atoms with E-state index in [-0.39, 0.29) is 11.9 Å². The van der Waals surface area contributed by atoms with Crippen LogP contribution >= 0.6 is 0 Å². The molecule has 82 valence electrons. The largest absolute Gasteiger partial charge is 0.352 e. The topological polar surface area (TPSA) is 52.9 Å². The Hall–Kier alpha value is -1.82. The summed E-state index contributed by atoms with van der Waals surface area (Å²) in [6.45, 7) is 1.62. The highest BCUT2D eigenvalue weighted by molar-refractivity contribution is 5.81. The normalized spacial score (nSPS) is 16.2. The number of benzene rings is 1. The Kier molecular flexibility index (Phi) is 2.91. The Morgan fingerprint density at radius 2 is 2.00 bits per heavy atom. The zero-order valence-corrected chi connectivity index (χ0v) is 9.23. The molecular weight excluding hydrogens is 200 g/mol. The fraction of sp³-hybridized carbons (Fsp3) is 0.385. The van der Waals surface area contributed by atoms with Gasteiger partial charge in [0.15, 0.2) is 0 Å². The van der Waals surface area contributed by atoms with Crippen molar-refractivity contribution in [1.29, 1.82) is 5.26 Å². The van der Waals surface area contributed by atoms with Gasteiger partial charge in [0.25, 0.3) is 0 Å². The molecule has 0 bridgehead atoms. The molecule has 1 atom stereocenters. The van der Waals surface area contributed by atoms with Crippen LogP contribution in [0, 0.1) is 17.2 Å². The smallest absolute Gasteiger partial charge is 0.237 e. The first-order valence-electron chi connectivity index (χ1n) is 5.47. The zero-order chi connectivity index (χ0) is 11.5. The summed E-state index contributed by atoms with van der Waals surface area (Å²) in [5.41, 5.74) is 2.61. The monoisotopic (exact) mass is 214 g/mol. The van der Waals surface area contributed by atoms with Crippen molar-refractivity contribution in [3.8, 4) is 6.07 Å². The Labute approximate surface area is 95.1 Å². The second-order valence-electron chi connectivity index (χ2n) is 4.23. The predicted molar refractivity (Wildman–Crippen MR) is 60.6 cm³/mol. The summed E-state index contributed by atoms with van der Waals surface area (Å²) >= 11 is 0. The minimum Gasteiger partial charge on any atom is -0.352 e. The first-order chi connectivity index (χ1) is 7.70. The molecule has 3 nitrogen and oxygen atoms in total. The Balaban J connectivity index is 1.98. The number of nitrogens with zero attached hydrogens (tertiary/aromatic N) is 1. The average molecular weight is 214 g/mol. The molecule has 3 heteroatoms. The van der Waals surface area contributed by atoms with E-state index in [1.54, 1.807) is 6.92 Å². The molecule has 0 saturated heterocycles. The SMILES string of the molecule is CC(C#N)C(=O)NC1Cc2ccccc2C1. The van der Waals surface area contributed by atoms with Crippen molar-refractivity contribution in [2.75, 3.05) is 0 Å². The van der Waals surface area contributed by atoms with E-state index in [0.29, 0.717) is 0 Å². The van der Waals surface area contributed by atoms with Gasteiger partial charge in [0.05, 0.1) is 6.07 Å². The van der Waals surface area contributed by atoms with Crippen molar-refractivity contribution in [2.45, 2.75) is 25.8 Å². The molecule has 16 heavy (non-hydrogen) atoms. The summed E-state index contributed by atoms with van der Waals surface area (Å²) in [6.07, 6.45) is 1.75. The molecular formula is C13H14N2O. The highest BCUT2D eigenvalue weighted by atomic mass is 16.1. The van der Waals surface area contributed by atoms with Crippen molar-refractivity contribution < 1.29 is 4.79 Å². The van der Waals surface area contributed by atoms with Crippen LogP contribution < -0.4 is 5.32 Å². The third-order valence-electron chi connectivity index (χ3n) is 2.98. The number of fused-ring (bicyclic) bond motifs is 1. The third-order valence-corrected chi connectivity index (χ3v) is 2.98. The summed E-state index contributed by atoms with van der Waals surface area (Å²) in [7, 11) is 0. The van der Waals surface area contributed by atoms with Gasteiger partial charge < -0.3 is 5.32 Å². The van der Waals surface area contributed by atoms with E-state index in [1.807, 2.05) is 18.2 Å². The molecule has 0 aromatic heterocycles. The van der Waals surface area contributed by atoms with Gasteiger partial charge in [0.2, 0.25) is 5.91 Å². The zero-order valence-electron chi connectivity index (χ0n) is 9.23. The third kappa shape index (κ3) is 2.06. The van der Waals surface area contributed by atoms with Crippen LogP contribution in [0.3, 0.4) is 0 Å². The van der Waals surface area contributed by atoms with E-state index in [4.69, 9.17) is 5.26 Å². The van der Waals surface area contributed by atoms with Gasteiger partial charge in [-0.25, -0.2) is 0 Å². The van der Waals surface area contributed by atoms with Crippen molar-refractivity contribution in [2.24, 2.45) is 5.92 Å². The van der Waals surface area contributed by atoms with E-state index in [9.17, 15) is 4.79 Å². The molecule has 0 heterocycles. The first kappa shape index (κ1) is 10.7. The Bertz CT molecular complexity index is 422. The molecule has 1 aromatic carbocycles. The number of carbonyl (C=O) groups is 1. The molecule has 2 rings (SSSR count). The van der Waals surface area contributed by atoms with E-state index >= 15 is 0 Å². The standard InChI is InChI=1S/C13H14N2O/c1-9(8-14)13(16)15-12-6-10-4-2-3-5-11(10)7-12/h2-5,9,12H,6-7H2,1H3,(H,15,16).